The van der Waals surface area contributed by atoms with Crippen LogP contribution >= 0.6 is 0 Å². The first-order valence-electron chi connectivity index (χ1n) is 8.83. The molecule has 0 aliphatic carbocycles. The van der Waals surface area contributed by atoms with Crippen LogP contribution in [0.2, 0.25) is 0 Å². The zero-order chi connectivity index (χ0) is 20.4. The molecule has 1 saturated heterocycles. The van der Waals surface area contributed by atoms with Crippen LogP contribution in [-0.4, -0.2) is 44.3 Å². The highest BCUT2D eigenvalue weighted by atomic mass is 19.2. The van der Waals surface area contributed by atoms with Crippen LogP contribution in [0.4, 0.5) is 8.78 Å². The lowest BCUT2D eigenvalue weighted by atomic mass is 9.77. The Morgan fingerprint density at radius 3 is 2.30 bits per heavy atom. The standard InChI is InChI=1S/C19H27BF2N2O3/c1-12(23)14(11-24-9-10-25-6)13-7-8-15(17(22)16(13)21)20-26-18(2,3)19(4,5)27-20/h7-8,11,23-24H,9-10H2,1-6H3/b14-11+,23-12?. The molecule has 0 spiro atoms. The van der Waals surface area contributed by atoms with E-state index in [0.29, 0.717) is 13.2 Å². The number of benzene rings is 1. The number of halogens is 2. The summed E-state index contributed by atoms with van der Waals surface area (Å²) in [5.74, 6) is -2.07. The van der Waals surface area contributed by atoms with Gasteiger partial charge in [0.15, 0.2) is 11.6 Å². The Balaban J connectivity index is 2.35. The van der Waals surface area contributed by atoms with Gasteiger partial charge < -0.3 is 24.8 Å². The maximum absolute atomic E-state index is 14.8. The molecule has 5 nitrogen and oxygen atoms in total. The third kappa shape index (κ3) is 4.39. The highest BCUT2D eigenvalue weighted by molar-refractivity contribution is 6.62. The van der Waals surface area contributed by atoms with Gasteiger partial charge in [-0.05, 0) is 34.6 Å². The van der Waals surface area contributed by atoms with Gasteiger partial charge in [-0.3, -0.25) is 0 Å². The van der Waals surface area contributed by atoms with Crippen molar-refractivity contribution in [1.29, 1.82) is 5.41 Å². The largest absolute Gasteiger partial charge is 0.497 e. The number of rotatable bonds is 7. The zero-order valence-corrected chi connectivity index (χ0v) is 16.7. The van der Waals surface area contributed by atoms with Crippen molar-refractivity contribution in [3.63, 3.8) is 0 Å². The molecule has 148 valence electrons. The van der Waals surface area contributed by atoms with E-state index >= 15 is 0 Å². The lowest BCUT2D eigenvalue weighted by Gasteiger charge is -2.32. The van der Waals surface area contributed by atoms with Gasteiger partial charge in [-0.15, -0.1) is 0 Å². The second-order valence-electron chi connectivity index (χ2n) is 7.55. The minimum atomic E-state index is -1.03. The molecular weight excluding hydrogens is 353 g/mol. The van der Waals surface area contributed by atoms with E-state index in [0.717, 1.165) is 0 Å². The minimum absolute atomic E-state index is 0.00391. The van der Waals surface area contributed by atoms with Crippen LogP contribution in [0.3, 0.4) is 0 Å². The number of methoxy groups -OCH3 is 1. The molecule has 1 aromatic rings. The number of hydrogen-bond donors (Lipinski definition) is 2. The Hall–Kier alpha value is -1.77. The normalized spacial score (nSPS) is 18.7. The topological polar surface area (TPSA) is 63.6 Å². The third-order valence-corrected chi connectivity index (χ3v) is 5.01. The monoisotopic (exact) mass is 380 g/mol. The van der Waals surface area contributed by atoms with Crippen LogP contribution in [0.15, 0.2) is 18.3 Å². The second kappa shape index (κ2) is 8.08. The molecule has 2 rings (SSSR count). The van der Waals surface area contributed by atoms with Gasteiger partial charge in [0.05, 0.1) is 17.8 Å². The van der Waals surface area contributed by atoms with E-state index < -0.39 is 30.0 Å². The van der Waals surface area contributed by atoms with E-state index in [9.17, 15) is 8.78 Å². The predicted octanol–water partition coefficient (Wildman–Crippen LogP) is 2.88. The highest BCUT2D eigenvalue weighted by Crippen LogP contribution is 2.37. The van der Waals surface area contributed by atoms with E-state index in [1.54, 1.807) is 7.11 Å². The van der Waals surface area contributed by atoms with Gasteiger partial charge >= 0.3 is 7.12 Å². The first-order chi connectivity index (χ1) is 12.5. The highest BCUT2D eigenvalue weighted by Gasteiger charge is 2.52. The van der Waals surface area contributed by atoms with Gasteiger partial charge in [0.2, 0.25) is 0 Å². The predicted molar refractivity (Wildman–Crippen MR) is 103 cm³/mol. The van der Waals surface area contributed by atoms with Crippen molar-refractivity contribution < 1.29 is 22.8 Å². The van der Waals surface area contributed by atoms with Gasteiger partial charge in [0, 0.05) is 42.2 Å². The second-order valence-corrected chi connectivity index (χ2v) is 7.55. The van der Waals surface area contributed by atoms with Crippen molar-refractivity contribution in [1.82, 2.24) is 5.32 Å². The Morgan fingerprint density at radius 2 is 1.78 bits per heavy atom. The summed E-state index contributed by atoms with van der Waals surface area (Å²) in [5, 5.41) is 10.8. The average Bonchev–Trinajstić information content (AvgIpc) is 2.78. The summed E-state index contributed by atoms with van der Waals surface area (Å²) in [7, 11) is 0.574. The van der Waals surface area contributed by atoms with E-state index in [4.69, 9.17) is 19.5 Å². The Bertz CT molecular complexity index is 735. The van der Waals surface area contributed by atoms with Crippen LogP contribution in [0.25, 0.3) is 5.57 Å². The maximum Gasteiger partial charge on any atom is 0.497 e. The fraction of sp³-hybridized carbons (Fsp3) is 0.526. The molecule has 1 heterocycles. The first-order valence-corrected chi connectivity index (χ1v) is 8.83. The van der Waals surface area contributed by atoms with Crippen LogP contribution < -0.4 is 10.8 Å². The third-order valence-electron chi connectivity index (χ3n) is 5.01. The number of allylic oxidation sites excluding steroid dienone is 1. The molecule has 0 amide bonds. The molecule has 1 aliphatic heterocycles. The lowest BCUT2D eigenvalue weighted by molar-refractivity contribution is 0.00578. The molecule has 0 radical (unpaired) electrons. The van der Waals surface area contributed by atoms with Crippen molar-refractivity contribution in [3.8, 4) is 0 Å². The van der Waals surface area contributed by atoms with Crippen molar-refractivity contribution in [2.75, 3.05) is 20.3 Å². The summed E-state index contributed by atoms with van der Waals surface area (Å²) >= 11 is 0. The van der Waals surface area contributed by atoms with Crippen LogP contribution in [0, 0.1) is 17.0 Å². The summed E-state index contributed by atoms with van der Waals surface area (Å²) in [6, 6.07) is 2.89. The number of nitrogens with one attached hydrogen (secondary N) is 2. The van der Waals surface area contributed by atoms with Crippen LogP contribution in [-0.2, 0) is 14.0 Å². The Labute approximate surface area is 159 Å². The zero-order valence-electron chi connectivity index (χ0n) is 16.7. The van der Waals surface area contributed by atoms with Gasteiger partial charge in [0.1, 0.15) is 0 Å². The molecule has 0 unspecified atom stereocenters. The molecule has 27 heavy (non-hydrogen) atoms. The summed E-state index contributed by atoms with van der Waals surface area (Å²) in [5.41, 5.74) is -0.915. The fourth-order valence-corrected chi connectivity index (χ4v) is 2.65. The molecule has 1 aromatic carbocycles. The summed E-state index contributed by atoms with van der Waals surface area (Å²) in [4.78, 5) is 0. The van der Waals surface area contributed by atoms with E-state index in [1.807, 2.05) is 27.7 Å². The molecule has 0 bridgehead atoms. The lowest BCUT2D eigenvalue weighted by Crippen LogP contribution is -2.41. The average molecular weight is 380 g/mol. The molecule has 1 fully saturated rings. The van der Waals surface area contributed by atoms with Crippen molar-refractivity contribution >= 4 is 23.9 Å². The van der Waals surface area contributed by atoms with Crippen molar-refractivity contribution in [2.45, 2.75) is 45.8 Å². The Morgan fingerprint density at radius 1 is 1.19 bits per heavy atom. The van der Waals surface area contributed by atoms with Crippen LogP contribution in [0.5, 0.6) is 0 Å². The molecular formula is C19H27BF2N2O3. The number of ether oxygens (including phenoxy) is 1. The van der Waals surface area contributed by atoms with Gasteiger partial charge in [-0.1, -0.05) is 12.1 Å². The smallest absolute Gasteiger partial charge is 0.399 e. The maximum atomic E-state index is 14.8. The van der Waals surface area contributed by atoms with Crippen LogP contribution in [0.1, 0.15) is 40.2 Å². The van der Waals surface area contributed by atoms with E-state index in [1.165, 1.54) is 25.3 Å². The summed E-state index contributed by atoms with van der Waals surface area (Å²) < 4.78 is 46.2. The molecule has 1 aliphatic rings. The quantitative estimate of drug-likeness (QED) is 0.434. The van der Waals surface area contributed by atoms with Crippen molar-refractivity contribution in [3.05, 3.63) is 35.5 Å². The summed E-state index contributed by atoms with van der Waals surface area (Å²) in [6.45, 7) is 9.85. The molecule has 0 aromatic heterocycles. The minimum Gasteiger partial charge on any atom is -0.399 e. The van der Waals surface area contributed by atoms with E-state index in [-0.39, 0.29) is 22.3 Å². The SMILES string of the molecule is COCCN/C=C(\C(C)=N)c1ccc(B2OC(C)(C)C(C)(C)O2)c(F)c1F. The van der Waals surface area contributed by atoms with Gasteiger partial charge in [-0.25, -0.2) is 8.78 Å². The fourth-order valence-electron chi connectivity index (χ4n) is 2.65. The molecule has 0 atom stereocenters. The first kappa shape index (κ1) is 21.5. The molecule has 2 N–H and O–H groups in total. The molecule has 0 saturated carbocycles. The van der Waals surface area contributed by atoms with E-state index in [2.05, 4.69) is 5.32 Å². The molecule has 8 heteroatoms. The summed E-state index contributed by atoms with van der Waals surface area (Å²) in [6.07, 6.45) is 1.49. The van der Waals surface area contributed by atoms with Gasteiger partial charge in [-0.2, -0.15) is 0 Å². The number of hydrogen-bond acceptors (Lipinski definition) is 5. The Kier molecular flexibility index (Phi) is 6.45. The van der Waals surface area contributed by atoms with Crippen molar-refractivity contribution in [2.24, 2.45) is 0 Å². The van der Waals surface area contributed by atoms with Gasteiger partial charge in [0.25, 0.3) is 0 Å².